The fourth-order valence-corrected chi connectivity index (χ4v) is 3.12. The summed E-state index contributed by atoms with van der Waals surface area (Å²) in [6.45, 7) is 8.53. The van der Waals surface area contributed by atoms with Gasteiger partial charge in [0.1, 0.15) is 6.61 Å². The molecule has 0 spiro atoms. The van der Waals surface area contributed by atoms with Crippen molar-refractivity contribution in [2.45, 2.75) is 13.8 Å². The monoisotopic (exact) mass is 479 g/mol. The van der Waals surface area contributed by atoms with Gasteiger partial charge in [0.05, 0.1) is 16.4 Å². The van der Waals surface area contributed by atoms with E-state index >= 15 is 0 Å². The van der Waals surface area contributed by atoms with E-state index in [2.05, 4.69) is 34.2 Å². The summed E-state index contributed by atoms with van der Waals surface area (Å²) >= 11 is 2.17. The molecule has 6 nitrogen and oxygen atoms in total. The number of nitrogens with zero attached hydrogens (tertiary/aromatic N) is 1. The Labute approximate surface area is 170 Å². The van der Waals surface area contributed by atoms with E-state index in [1.165, 1.54) is 6.26 Å². The smallest absolute Gasteiger partial charge is 0.363 e. The minimum atomic E-state index is -0.531. The molecule has 0 saturated heterocycles. The Balaban J connectivity index is 1.93. The van der Waals surface area contributed by atoms with Crippen LogP contribution >= 0.6 is 22.6 Å². The Bertz CT molecular complexity index is 928. The molecule has 7 heteroatoms. The molecule has 3 rings (SSSR count). The van der Waals surface area contributed by atoms with Crippen molar-refractivity contribution < 1.29 is 23.4 Å². The Morgan fingerprint density at radius 1 is 1.37 bits per heavy atom. The first kappa shape index (κ1) is 19.2. The first-order chi connectivity index (χ1) is 13.0. The molecule has 2 heterocycles. The third kappa shape index (κ3) is 4.60. The molecule has 140 valence electrons. The van der Waals surface area contributed by atoms with Crippen molar-refractivity contribution in [2.24, 2.45) is 4.99 Å². The number of hydrogen-bond acceptors (Lipinski definition) is 6. The van der Waals surface area contributed by atoms with Crippen LogP contribution in [0.15, 0.2) is 57.8 Å². The van der Waals surface area contributed by atoms with Gasteiger partial charge in [-0.1, -0.05) is 6.58 Å². The number of furan rings is 1. The molecule has 1 aliphatic rings. The highest BCUT2D eigenvalue weighted by Crippen LogP contribution is 2.35. The zero-order valence-electron chi connectivity index (χ0n) is 15.0. The molecule has 0 saturated carbocycles. The van der Waals surface area contributed by atoms with E-state index in [-0.39, 0.29) is 11.6 Å². The number of ether oxygens (including phenoxy) is 3. The fraction of sp³-hybridized carbons (Fsp3) is 0.200. The first-order valence-electron chi connectivity index (χ1n) is 8.28. The summed E-state index contributed by atoms with van der Waals surface area (Å²) in [5, 5.41) is 0. The van der Waals surface area contributed by atoms with Crippen LogP contribution in [0.1, 0.15) is 25.2 Å². The second-order valence-electron chi connectivity index (χ2n) is 5.82. The van der Waals surface area contributed by atoms with Crippen molar-refractivity contribution in [3.63, 3.8) is 0 Å². The summed E-state index contributed by atoms with van der Waals surface area (Å²) < 4.78 is 22.8. The standard InChI is InChI=1S/C20H18INO5/c1-4-24-17-10-13(8-14(21)18(17)26-11-12(2)3)9-15-20(23)27-19(22-15)16-6-5-7-25-16/h5-10H,2,4,11H2,1,3H3/b15-9-. The van der Waals surface area contributed by atoms with Gasteiger partial charge in [0, 0.05) is 0 Å². The van der Waals surface area contributed by atoms with Crippen molar-refractivity contribution in [1.29, 1.82) is 0 Å². The summed E-state index contributed by atoms with van der Waals surface area (Å²) in [7, 11) is 0. The van der Waals surface area contributed by atoms with Gasteiger partial charge in [0.15, 0.2) is 23.0 Å². The molecule has 0 bridgehead atoms. The minimum absolute atomic E-state index is 0.150. The number of carbonyl (C=O) groups excluding carboxylic acids is 1. The highest BCUT2D eigenvalue weighted by Gasteiger charge is 2.26. The predicted octanol–water partition coefficient (Wildman–Crippen LogP) is 4.58. The van der Waals surface area contributed by atoms with Crippen LogP contribution in [0.25, 0.3) is 6.08 Å². The van der Waals surface area contributed by atoms with E-state index in [0.717, 1.165) is 14.7 Å². The summed E-state index contributed by atoms with van der Waals surface area (Å²) in [5.41, 5.74) is 1.85. The first-order valence-corrected chi connectivity index (χ1v) is 9.35. The van der Waals surface area contributed by atoms with Crippen molar-refractivity contribution >= 4 is 40.5 Å². The summed E-state index contributed by atoms with van der Waals surface area (Å²) in [5.74, 6) is 1.27. The maximum absolute atomic E-state index is 12.1. The van der Waals surface area contributed by atoms with E-state index in [1.807, 2.05) is 19.9 Å². The summed E-state index contributed by atoms with van der Waals surface area (Å²) in [6, 6.07) is 7.07. The maximum Gasteiger partial charge on any atom is 0.363 e. The zero-order valence-corrected chi connectivity index (χ0v) is 17.1. The molecular weight excluding hydrogens is 461 g/mol. The van der Waals surface area contributed by atoms with Crippen LogP contribution in [-0.2, 0) is 9.53 Å². The van der Waals surface area contributed by atoms with Crippen LogP contribution < -0.4 is 9.47 Å². The lowest BCUT2D eigenvalue weighted by atomic mass is 10.1. The average molecular weight is 479 g/mol. The van der Waals surface area contributed by atoms with Gasteiger partial charge in [0.25, 0.3) is 5.90 Å². The molecule has 0 N–H and O–H groups in total. The number of aliphatic imine (C=N–C) groups is 1. The number of benzene rings is 1. The average Bonchev–Trinajstić information content (AvgIpc) is 3.25. The molecule has 0 aliphatic carbocycles. The van der Waals surface area contributed by atoms with Crippen molar-refractivity contribution in [1.82, 2.24) is 0 Å². The third-order valence-corrected chi connectivity index (χ3v) is 4.25. The number of halogens is 1. The molecule has 0 fully saturated rings. The summed E-state index contributed by atoms with van der Waals surface area (Å²) in [4.78, 5) is 16.3. The largest absolute Gasteiger partial charge is 0.490 e. The summed E-state index contributed by atoms with van der Waals surface area (Å²) in [6.07, 6.45) is 3.14. The molecule has 1 aliphatic heterocycles. The van der Waals surface area contributed by atoms with E-state index in [4.69, 9.17) is 18.6 Å². The van der Waals surface area contributed by atoms with E-state index < -0.39 is 5.97 Å². The molecule has 27 heavy (non-hydrogen) atoms. The maximum atomic E-state index is 12.1. The van der Waals surface area contributed by atoms with E-state index in [1.54, 1.807) is 24.3 Å². The minimum Gasteiger partial charge on any atom is -0.490 e. The highest BCUT2D eigenvalue weighted by atomic mass is 127. The normalized spacial score (nSPS) is 14.9. The number of cyclic esters (lactones) is 1. The molecule has 2 aromatic rings. The Kier molecular flexibility index (Phi) is 6.00. The van der Waals surface area contributed by atoms with Crippen LogP contribution in [0.4, 0.5) is 0 Å². The van der Waals surface area contributed by atoms with E-state index in [0.29, 0.717) is 30.5 Å². The molecule has 0 atom stereocenters. The quantitative estimate of drug-likeness (QED) is 0.252. The fourth-order valence-electron chi connectivity index (χ4n) is 2.34. The van der Waals surface area contributed by atoms with Crippen LogP contribution in [0.3, 0.4) is 0 Å². The topological polar surface area (TPSA) is 70.3 Å². The molecule has 1 aromatic carbocycles. The third-order valence-electron chi connectivity index (χ3n) is 3.45. The Morgan fingerprint density at radius 2 is 2.19 bits per heavy atom. The van der Waals surface area contributed by atoms with Crippen LogP contribution in [0.5, 0.6) is 11.5 Å². The lowest BCUT2D eigenvalue weighted by molar-refractivity contribution is -0.130. The van der Waals surface area contributed by atoms with Crippen LogP contribution in [-0.4, -0.2) is 25.1 Å². The predicted molar refractivity (Wildman–Crippen MR) is 110 cm³/mol. The molecule has 0 radical (unpaired) electrons. The molecule has 0 unspecified atom stereocenters. The van der Waals surface area contributed by atoms with Gasteiger partial charge in [0.2, 0.25) is 0 Å². The second kappa shape index (κ2) is 8.43. The van der Waals surface area contributed by atoms with Crippen LogP contribution in [0.2, 0.25) is 0 Å². The van der Waals surface area contributed by atoms with E-state index in [9.17, 15) is 4.79 Å². The number of carbonyl (C=O) groups is 1. The van der Waals surface area contributed by atoms with Gasteiger partial charge < -0.3 is 18.6 Å². The lowest BCUT2D eigenvalue weighted by Crippen LogP contribution is -2.04. The SMILES string of the molecule is C=C(C)COc1c(I)cc(/C=C2\N=C(c3ccco3)OC2=O)cc1OCC. The lowest BCUT2D eigenvalue weighted by Gasteiger charge is -2.14. The van der Waals surface area contributed by atoms with Crippen LogP contribution in [0, 0.1) is 3.57 Å². The van der Waals surface area contributed by atoms with Gasteiger partial charge in [-0.05, 0) is 77.9 Å². The van der Waals surface area contributed by atoms with Crippen molar-refractivity contribution in [3.8, 4) is 11.5 Å². The zero-order chi connectivity index (χ0) is 19.4. The number of hydrogen-bond donors (Lipinski definition) is 0. The Morgan fingerprint density at radius 3 is 2.85 bits per heavy atom. The number of rotatable bonds is 7. The Hall–Kier alpha value is -2.55. The molecular formula is C20H18INO5. The molecule has 1 aromatic heterocycles. The highest BCUT2D eigenvalue weighted by molar-refractivity contribution is 14.1. The van der Waals surface area contributed by atoms with Gasteiger partial charge >= 0.3 is 5.97 Å². The number of esters is 1. The van der Waals surface area contributed by atoms with Gasteiger partial charge in [-0.3, -0.25) is 0 Å². The van der Waals surface area contributed by atoms with Gasteiger partial charge in [-0.2, -0.15) is 0 Å². The van der Waals surface area contributed by atoms with Gasteiger partial charge in [-0.25, -0.2) is 9.79 Å². The second-order valence-corrected chi connectivity index (χ2v) is 6.98. The van der Waals surface area contributed by atoms with Crippen molar-refractivity contribution in [3.05, 3.63) is 63.3 Å². The van der Waals surface area contributed by atoms with Crippen molar-refractivity contribution in [2.75, 3.05) is 13.2 Å². The van der Waals surface area contributed by atoms with Gasteiger partial charge in [-0.15, -0.1) is 0 Å². The molecule has 0 amide bonds.